The fraction of sp³-hybridized carbons (Fsp3) is 0.591. The number of guanidine groups is 1. The Labute approximate surface area is 164 Å². The third-order valence-electron chi connectivity index (χ3n) is 5.48. The van der Waals surface area contributed by atoms with E-state index in [1.165, 1.54) is 51.1 Å². The van der Waals surface area contributed by atoms with Crippen LogP contribution in [0.2, 0.25) is 0 Å². The Bertz CT molecular complexity index is 582. The zero-order chi connectivity index (χ0) is 18.7. The van der Waals surface area contributed by atoms with E-state index in [1.807, 2.05) is 7.05 Å². The van der Waals surface area contributed by atoms with Crippen LogP contribution in [0.4, 0.5) is 0 Å². The Morgan fingerprint density at radius 3 is 2.41 bits per heavy atom. The molecule has 0 atom stereocenters. The third-order valence-corrected chi connectivity index (χ3v) is 5.48. The second-order valence-corrected chi connectivity index (χ2v) is 7.59. The van der Waals surface area contributed by atoms with Crippen molar-refractivity contribution in [3.8, 4) is 0 Å². The summed E-state index contributed by atoms with van der Waals surface area (Å²) in [7, 11) is 1.85. The number of hydrogen-bond donors (Lipinski definition) is 2. The van der Waals surface area contributed by atoms with Crippen LogP contribution in [-0.2, 0) is 6.54 Å². The van der Waals surface area contributed by atoms with Gasteiger partial charge in [-0.25, -0.2) is 0 Å². The molecule has 1 aliphatic carbocycles. The molecule has 0 radical (unpaired) electrons. The Morgan fingerprint density at radius 1 is 1.00 bits per heavy atom. The summed E-state index contributed by atoms with van der Waals surface area (Å²) in [6.07, 6.45) is 9.13. The molecule has 0 bridgehead atoms. The molecule has 148 valence electrons. The predicted octanol–water partition coefficient (Wildman–Crippen LogP) is 2.47. The highest BCUT2D eigenvalue weighted by atomic mass is 15.3. The maximum atomic E-state index is 4.33. The second kappa shape index (κ2) is 11.1. The molecule has 27 heavy (non-hydrogen) atoms. The van der Waals surface area contributed by atoms with Crippen molar-refractivity contribution in [3.63, 3.8) is 0 Å². The van der Waals surface area contributed by atoms with E-state index in [4.69, 9.17) is 0 Å². The largest absolute Gasteiger partial charge is 0.356 e. The Balaban J connectivity index is 1.23. The fourth-order valence-electron chi connectivity index (χ4n) is 3.80. The maximum absolute atomic E-state index is 4.33. The molecule has 2 N–H and O–H groups in total. The Hall–Kier alpha value is -1.85. The van der Waals surface area contributed by atoms with E-state index in [1.54, 1.807) is 0 Å². The molecule has 3 rings (SSSR count). The number of unbranched alkanes of at least 4 members (excludes halogenated alkanes) is 1. The number of rotatable bonds is 8. The van der Waals surface area contributed by atoms with Gasteiger partial charge in [0.15, 0.2) is 5.96 Å². The molecule has 0 saturated carbocycles. The Morgan fingerprint density at radius 2 is 1.70 bits per heavy atom. The van der Waals surface area contributed by atoms with Gasteiger partial charge in [0.2, 0.25) is 0 Å². The van der Waals surface area contributed by atoms with Crippen LogP contribution < -0.4 is 10.6 Å². The van der Waals surface area contributed by atoms with Gasteiger partial charge in [0.05, 0.1) is 0 Å². The monoisotopic (exact) mass is 369 g/mol. The van der Waals surface area contributed by atoms with Crippen LogP contribution in [0.25, 0.3) is 0 Å². The highest BCUT2D eigenvalue weighted by Gasteiger charge is 2.16. The Kier molecular flexibility index (Phi) is 8.18. The number of benzene rings is 1. The maximum Gasteiger partial charge on any atom is 0.191 e. The van der Waals surface area contributed by atoms with Gasteiger partial charge in [0.25, 0.3) is 0 Å². The third kappa shape index (κ3) is 7.00. The molecule has 0 amide bonds. The summed E-state index contributed by atoms with van der Waals surface area (Å²) in [5, 5.41) is 6.94. The predicted molar refractivity (Wildman–Crippen MR) is 114 cm³/mol. The molecule has 2 aliphatic rings. The summed E-state index contributed by atoms with van der Waals surface area (Å²) in [6.45, 7) is 8.03. The average molecular weight is 370 g/mol. The lowest BCUT2D eigenvalue weighted by molar-refractivity contribution is 0.126. The lowest BCUT2D eigenvalue weighted by Crippen LogP contribution is -2.46. The molecule has 1 heterocycles. The first-order chi connectivity index (χ1) is 13.3. The fourth-order valence-corrected chi connectivity index (χ4v) is 3.80. The molecule has 5 heteroatoms. The number of hydrogen-bond acceptors (Lipinski definition) is 3. The SMILES string of the molecule is CN=C(NCCCCN1CCN(Cc2ccccc2)CC1)NC1CC=CC1. The topological polar surface area (TPSA) is 42.9 Å². The van der Waals surface area contributed by atoms with Gasteiger partial charge in [-0.15, -0.1) is 0 Å². The van der Waals surface area contributed by atoms with Crippen molar-refractivity contribution in [2.75, 3.05) is 46.3 Å². The van der Waals surface area contributed by atoms with E-state index < -0.39 is 0 Å². The average Bonchev–Trinajstić information content (AvgIpc) is 3.22. The van der Waals surface area contributed by atoms with Crippen LogP contribution in [0.15, 0.2) is 47.5 Å². The van der Waals surface area contributed by atoms with Gasteiger partial charge in [-0.3, -0.25) is 9.89 Å². The number of nitrogens with zero attached hydrogens (tertiary/aromatic N) is 3. The summed E-state index contributed by atoms with van der Waals surface area (Å²) in [6, 6.07) is 11.3. The molecule has 1 aromatic carbocycles. The highest BCUT2D eigenvalue weighted by molar-refractivity contribution is 5.80. The first kappa shape index (κ1) is 19.9. The molecule has 1 aliphatic heterocycles. The van der Waals surface area contributed by atoms with Crippen molar-refractivity contribution in [3.05, 3.63) is 48.0 Å². The molecule has 0 spiro atoms. The first-order valence-corrected chi connectivity index (χ1v) is 10.4. The smallest absolute Gasteiger partial charge is 0.191 e. The number of aliphatic imine (C=N–C) groups is 1. The van der Waals surface area contributed by atoms with Crippen molar-refractivity contribution in [1.82, 2.24) is 20.4 Å². The zero-order valence-corrected chi connectivity index (χ0v) is 16.7. The molecule has 1 fully saturated rings. The van der Waals surface area contributed by atoms with E-state index in [2.05, 4.69) is 67.9 Å². The molecular formula is C22H35N5. The van der Waals surface area contributed by atoms with E-state index in [-0.39, 0.29) is 0 Å². The summed E-state index contributed by atoms with van der Waals surface area (Å²) in [5.41, 5.74) is 1.42. The minimum Gasteiger partial charge on any atom is -0.356 e. The van der Waals surface area contributed by atoms with E-state index in [9.17, 15) is 0 Å². The van der Waals surface area contributed by atoms with Crippen LogP contribution in [-0.4, -0.2) is 68.1 Å². The number of piperazine rings is 1. The quantitative estimate of drug-likeness (QED) is 0.320. The summed E-state index contributed by atoms with van der Waals surface area (Å²) >= 11 is 0. The van der Waals surface area contributed by atoms with E-state index >= 15 is 0 Å². The molecule has 1 aromatic rings. The molecule has 1 saturated heterocycles. The van der Waals surface area contributed by atoms with Gasteiger partial charge >= 0.3 is 0 Å². The van der Waals surface area contributed by atoms with Gasteiger partial charge in [-0.1, -0.05) is 42.5 Å². The van der Waals surface area contributed by atoms with Crippen molar-refractivity contribution in [2.24, 2.45) is 4.99 Å². The highest BCUT2D eigenvalue weighted by Crippen LogP contribution is 2.10. The van der Waals surface area contributed by atoms with E-state index in [0.29, 0.717) is 6.04 Å². The van der Waals surface area contributed by atoms with Crippen LogP contribution in [0, 0.1) is 0 Å². The minimum atomic E-state index is 0.517. The lowest BCUT2D eigenvalue weighted by Gasteiger charge is -2.34. The normalized spacial score (nSPS) is 19.5. The van der Waals surface area contributed by atoms with Crippen LogP contribution >= 0.6 is 0 Å². The van der Waals surface area contributed by atoms with Gasteiger partial charge < -0.3 is 15.5 Å². The molecule has 5 nitrogen and oxygen atoms in total. The van der Waals surface area contributed by atoms with Gasteiger partial charge in [-0.05, 0) is 37.8 Å². The van der Waals surface area contributed by atoms with Crippen molar-refractivity contribution in [1.29, 1.82) is 0 Å². The standard InChI is InChI=1S/C22H35N5/c1-23-22(25-21-11-5-6-12-21)24-13-7-8-14-26-15-17-27(18-16-26)19-20-9-3-2-4-10-20/h2-6,9-10,21H,7-8,11-19H2,1H3,(H2,23,24,25). The molecular weight excluding hydrogens is 334 g/mol. The van der Waals surface area contributed by atoms with Crippen molar-refractivity contribution >= 4 is 5.96 Å². The lowest BCUT2D eigenvalue weighted by atomic mass is 10.2. The first-order valence-electron chi connectivity index (χ1n) is 10.4. The van der Waals surface area contributed by atoms with Crippen molar-refractivity contribution in [2.45, 2.75) is 38.3 Å². The molecule has 0 unspecified atom stereocenters. The number of nitrogens with one attached hydrogen (secondary N) is 2. The van der Waals surface area contributed by atoms with E-state index in [0.717, 1.165) is 31.9 Å². The molecule has 0 aromatic heterocycles. The van der Waals surface area contributed by atoms with Crippen LogP contribution in [0.1, 0.15) is 31.2 Å². The second-order valence-electron chi connectivity index (χ2n) is 7.59. The summed E-state index contributed by atoms with van der Waals surface area (Å²) in [5.74, 6) is 0.943. The van der Waals surface area contributed by atoms with Crippen LogP contribution in [0.5, 0.6) is 0 Å². The summed E-state index contributed by atoms with van der Waals surface area (Å²) < 4.78 is 0. The minimum absolute atomic E-state index is 0.517. The van der Waals surface area contributed by atoms with Gasteiger partial charge in [0, 0.05) is 52.4 Å². The van der Waals surface area contributed by atoms with Gasteiger partial charge in [0.1, 0.15) is 0 Å². The zero-order valence-electron chi connectivity index (χ0n) is 16.7. The van der Waals surface area contributed by atoms with Crippen LogP contribution in [0.3, 0.4) is 0 Å². The summed E-state index contributed by atoms with van der Waals surface area (Å²) in [4.78, 5) is 9.51. The van der Waals surface area contributed by atoms with Crippen molar-refractivity contribution < 1.29 is 0 Å². The van der Waals surface area contributed by atoms with Gasteiger partial charge in [-0.2, -0.15) is 0 Å².